The predicted octanol–water partition coefficient (Wildman–Crippen LogP) is 1.43. The summed E-state index contributed by atoms with van der Waals surface area (Å²) in [6.07, 6.45) is 3.74. The van der Waals surface area contributed by atoms with E-state index < -0.39 is 18.1 Å². The van der Waals surface area contributed by atoms with Crippen LogP contribution in [0.15, 0.2) is 43.0 Å². The minimum absolute atomic E-state index is 0.00860. The Kier molecular flexibility index (Phi) is 8.86. The number of amides is 2. The van der Waals surface area contributed by atoms with Gasteiger partial charge in [-0.15, -0.1) is 6.58 Å². The van der Waals surface area contributed by atoms with E-state index in [1.54, 1.807) is 11.0 Å². The van der Waals surface area contributed by atoms with Crippen molar-refractivity contribution in [2.24, 2.45) is 0 Å². The van der Waals surface area contributed by atoms with Crippen LogP contribution in [-0.2, 0) is 25.5 Å². The first-order valence-corrected chi connectivity index (χ1v) is 10.0. The average Bonchev–Trinajstić information content (AvgIpc) is 3.22. The van der Waals surface area contributed by atoms with Gasteiger partial charge in [0.1, 0.15) is 12.1 Å². The number of nitrogens with one attached hydrogen (secondary N) is 2. The van der Waals surface area contributed by atoms with Crippen LogP contribution in [0, 0.1) is 0 Å². The fourth-order valence-electron chi connectivity index (χ4n) is 3.53. The maximum absolute atomic E-state index is 12.9. The maximum atomic E-state index is 12.9. The molecule has 0 unspecified atom stereocenters. The van der Waals surface area contributed by atoms with Gasteiger partial charge in [0.25, 0.3) is 0 Å². The first kappa shape index (κ1) is 22.6. The largest absolute Gasteiger partial charge is 0.467 e. The molecule has 1 fully saturated rings. The standard InChI is InChI=1S/C22H31N3O4/c1-4-12-23-16(2)14-20(26)25-13-8-11-19(25)21(27)24-18(22(28)29-3)15-17-9-6-5-7-10-17/h4-7,9-10,16,18-19,23H,1,8,11-15H2,2-3H3,(H,24,27)/t16-,18+,19+/m1/s1. The quantitative estimate of drug-likeness (QED) is 0.457. The van der Waals surface area contributed by atoms with Gasteiger partial charge in [-0.1, -0.05) is 36.4 Å². The second-order valence-electron chi connectivity index (χ2n) is 7.32. The van der Waals surface area contributed by atoms with Crippen molar-refractivity contribution in [2.45, 2.75) is 50.7 Å². The van der Waals surface area contributed by atoms with Crippen molar-refractivity contribution in [1.82, 2.24) is 15.5 Å². The Morgan fingerprint density at radius 3 is 2.69 bits per heavy atom. The fraction of sp³-hybridized carbons (Fsp3) is 0.500. The number of benzene rings is 1. The van der Waals surface area contributed by atoms with Crippen molar-refractivity contribution < 1.29 is 19.1 Å². The molecule has 1 aromatic rings. The van der Waals surface area contributed by atoms with Gasteiger partial charge >= 0.3 is 5.97 Å². The van der Waals surface area contributed by atoms with E-state index in [-0.39, 0.29) is 17.9 Å². The van der Waals surface area contributed by atoms with Crippen molar-refractivity contribution in [3.05, 3.63) is 48.6 Å². The summed E-state index contributed by atoms with van der Waals surface area (Å²) in [6, 6.07) is 8.08. The molecular weight excluding hydrogens is 370 g/mol. The molecule has 0 saturated carbocycles. The molecule has 7 heteroatoms. The molecule has 0 spiro atoms. The van der Waals surface area contributed by atoms with Crippen molar-refractivity contribution in [1.29, 1.82) is 0 Å². The van der Waals surface area contributed by atoms with Crippen molar-refractivity contribution in [2.75, 3.05) is 20.2 Å². The number of methoxy groups -OCH3 is 1. The zero-order valence-corrected chi connectivity index (χ0v) is 17.2. The monoisotopic (exact) mass is 401 g/mol. The highest BCUT2D eigenvalue weighted by molar-refractivity contribution is 5.91. The van der Waals surface area contributed by atoms with Gasteiger partial charge in [-0.3, -0.25) is 9.59 Å². The fourth-order valence-corrected chi connectivity index (χ4v) is 3.53. The number of hydrogen-bond acceptors (Lipinski definition) is 5. The van der Waals surface area contributed by atoms with E-state index in [1.807, 2.05) is 37.3 Å². The third kappa shape index (κ3) is 6.71. The van der Waals surface area contributed by atoms with Crippen LogP contribution in [0.4, 0.5) is 0 Å². The van der Waals surface area contributed by atoms with Crippen molar-refractivity contribution in [3.63, 3.8) is 0 Å². The Labute approximate surface area is 172 Å². The second-order valence-corrected chi connectivity index (χ2v) is 7.32. The molecular formula is C22H31N3O4. The summed E-state index contributed by atoms with van der Waals surface area (Å²) in [5, 5.41) is 5.98. The molecule has 0 bridgehead atoms. The van der Waals surface area contributed by atoms with Crippen LogP contribution in [0.3, 0.4) is 0 Å². The molecule has 1 aliphatic heterocycles. The number of nitrogens with zero attached hydrogens (tertiary/aromatic N) is 1. The van der Waals surface area contributed by atoms with Crippen LogP contribution < -0.4 is 10.6 Å². The van der Waals surface area contributed by atoms with Gasteiger partial charge in [0.2, 0.25) is 11.8 Å². The van der Waals surface area contributed by atoms with E-state index in [2.05, 4.69) is 17.2 Å². The molecule has 1 saturated heterocycles. The summed E-state index contributed by atoms with van der Waals surface area (Å²) in [5.41, 5.74) is 0.921. The Bertz CT molecular complexity index is 707. The molecule has 2 amide bonds. The number of likely N-dealkylation sites (tertiary alicyclic amines) is 1. The SMILES string of the molecule is C=CCN[C@H](C)CC(=O)N1CCC[C@H]1C(=O)N[C@@H](Cc1ccccc1)C(=O)OC. The molecule has 1 aromatic carbocycles. The lowest BCUT2D eigenvalue weighted by Gasteiger charge is -2.27. The highest BCUT2D eigenvalue weighted by atomic mass is 16.5. The van der Waals surface area contributed by atoms with Crippen LogP contribution >= 0.6 is 0 Å². The third-order valence-electron chi connectivity index (χ3n) is 5.05. The maximum Gasteiger partial charge on any atom is 0.328 e. The predicted molar refractivity (Wildman–Crippen MR) is 111 cm³/mol. The summed E-state index contributed by atoms with van der Waals surface area (Å²) in [6.45, 7) is 6.76. The smallest absolute Gasteiger partial charge is 0.328 e. The van der Waals surface area contributed by atoms with Crippen molar-refractivity contribution in [3.8, 4) is 0 Å². The van der Waals surface area contributed by atoms with Crippen molar-refractivity contribution >= 4 is 17.8 Å². The molecule has 2 N–H and O–H groups in total. The molecule has 0 radical (unpaired) electrons. The van der Waals surface area contributed by atoms with E-state index in [1.165, 1.54) is 7.11 Å². The topological polar surface area (TPSA) is 87.7 Å². The molecule has 2 rings (SSSR count). The van der Waals surface area contributed by atoms with Gasteiger partial charge in [0, 0.05) is 32.0 Å². The summed E-state index contributed by atoms with van der Waals surface area (Å²) < 4.78 is 4.86. The summed E-state index contributed by atoms with van der Waals surface area (Å²) in [5.74, 6) is -0.876. The zero-order chi connectivity index (χ0) is 21.2. The third-order valence-corrected chi connectivity index (χ3v) is 5.05. The zero-order valence-electron chi connectivity index (χ0n) is 17.2. The lowest BCUT2D eigenvalue weighted by Crippen LogP contribution is -2.52. The average molecular weight is 402 g/mol. The number of carbonyl (C=O) groups excluding carboxylic acids is 3. The van der Waals surface area contributed by atoms with Gasteiger partial charge in [-0.25, -0.2) is 4.79 Å². The first-order valence-electron chi connectivity index (χ1n) is 10.0. The normalized spacial score (nSPS) is 18.0. The summed E-state index contributed by atoms with van der Waals surface area (Å²) in [4.78, 5) is 39.4. The first-order chi connectivity index (χ1) is 14.0. The van der Waals surface area contributed by atoms with Gasteiger partial charge in [0.15, 0.2) is 0 Å². The highest BCUT2D eigenvalue weighted by Crippen LogP contribution is 2.19. The Balaban J connectivity index is 2.00. The van der Waals surface area contributed by atoms with E-state index in [0.29, 0.717) is 32.4 Å². The van der Waals surface area contributed by atoms with Gasteiger partial charge in [-0.2, -0.15) is 0 Å². The second kappa shape index (κ2) is 11.4. The lowest BCUT2D eigenvalue weighted by molar-refractivity contribution is -0.146. The number of carbonyl (C=O) groups is 3. The van der Waals surface area contributed by atoms with Crippen LogP contribution in [0.2, 0.25) is 0 Å². The number of rotatable bonds is 10. The molecule has 29 heavy (non-hydrogen) atoms. The molecule has 0 aliphatic carbocycles. The lowest BCUT2D eigenvalue weighted by atomic mass is 10.1. The van der Waals surface area contributed by atoms with Gasteiger partial charge < -0.3 is 20.3 Å². The Hall–Kier alpha value is -2.67. The molecule has 3 atom stereocenters. The summed E-state index contributed by atoms with van der Waals surface area (Å²) >= 11 is 0. The van der Waals surface area contributed by atoms with E-state index in [9.17, 15) is 14.4 Å². The number of ether oxygens (including phenoxy) is 1. The highest BCUT2D eigenvalue weighted by Gasteiger charge is 2.36. The Morgan fingerprint density at radius 1 is 1.31 bits per heavy atom. The Morgan fingerprint density at radius 2 is 2.03 bits per heavy atom. The van der Waals surface area contributed by atoms with Gasteiger partial charge in [0.05, 0.1) is 7.11 Å². The minimum Gasteiger partial charge on any atom is -0.467 e. The number of esters is 1. The molecule has 0 aromatic heterocycles. The molecule has 1 heterocycles. The molecule has 7 nitrogen and oxygen atoms in total. The molecule has 1 aliphatic rings. The van der Waals surface area contributed by atoms with Crippen LogP contribution in [-0.4, -0.2) is 61.0 Å². The number of hydrogen-bond donors (Lipinski definition) is 2. The van der Waals surface area contributed by atoms with Gasteiger partial charge in [-0.05, 0) is 25.3 Å². The van der Waals surface area contributed by atoms with Crippen LogP contribution in [0.1, 0.15) is 31.7 Å². The van der Waals surface area contributed by atoms with E-state index in [4.69, 9.17) is 4.74 Å². The van der Waals surface area contributed by atoms with E-state index in [0.717, 1.165) is 12.0 Å². The van der Waals surface area contributed by atoms with Crippen LogP contribution in [0.5, 0.6) is 0 Å². The summed E-state index contributed by atoms with van der Waals surface area (Å²) in [7, 11) is 1.30. The molecule has 158 valence electrons. The minimum atomic E-state index is -0.791. The van der Waals surface area contributed by atoms with E-state index >= 15 is 0 Å². The van der Waals surface area contributed by atoms with Crippen LogP contribution in [0.25, 0.3) is 0 Å².